The Morgan fingerprint density at radius 1 is 1.21 bits per heavy atom. The Labute approximate surface area is 85.6 Å². The van der Waals surface area contributed by atoms with E-state index in [0.29, 0.717) is 6.61 Å². The third-order valence-electron chi connectivity index (χ3n) is 1.91. The second-order valence-electron chi connectivity index (χ2n) is 3.09. The predicted molar refractivity (Wildman–Crippen MR) is 59.5 cm³/mol. The minimum absolute atomic E-state index is 0.691. The first-order valence-corrected chi connectivity index (χ1v) is 5.12. The molecule has 0 bridgehead atoms. The molecule has 0 aliphatic heterocycles. The molecule has 0 radical (unpaired) electrons. The van der Waals surface area contributed by atoms with E-state index >= 15 is 0 Å². The summed E-state index contributed by atoms with van der Waals surface area (Å²) in [6.45, 7) is 4.85. The van der Waals surface area contributed by atoms with Gasteiger partial charge in [0, 0.05) is 0 Å². The van der Waals surface area contributed by atoms with Crippen molar-refractivity contribution < 1.29 is 4.84 Å². The van der Waals surface area contributed by atoms with Gasteiger partial charge < -0.3 is 4.84 Å². The first-order chi connectivity index (χ1) is 6.88. The maximum absolute atomic E-state index is 5.18. The van der Waals surface area contributed by atoms with Crippen molar-refractivity contribution >= 4 is 5.71 Å². The van der Waals surface area contributed by atoms with Gasteiger partial charge in [-0.1, -0.05) is 49.3 Å². The van der Waals surface area contributed by atoms with Gasteiger partial charge in [0.1, 0.15) is 6.61 Å². The largest absolute Gasteiger partial charge is 0.396 e. The summed E-state index contributed by atoms with van der Waals surface area (Å²) in [6, 6.07) is 10.1. The van der Waals surface area contributed by atoms with Crippen molar-refractivity contribution in [3.05, 3.63) is 35.9 Å². The summed E-state index contributed by atoms with van der Waals surface area (Å²) >= 11 is 0. The molecule has 0 heterocycles. The fourth-order valence-electron chi connectivity index (χ4n) is 1.17. The van der Waals surface area contributed by atoms with Crippen LogP contribution in [0.2, 0.25) is 0 Å². The van der Waals surface area contributed by atoms with Crippen LogP contribution in [-0.2, 0) is 4.84 Å². The number of oxime groups is 1. The molecule has 0 aliphatic carbocycles. The average Bonchev–Trinajstić information content (AvgIpc) is 2.26. The molecular formula is C12H17NO. The van der Waals surface area contributed by atoms with E-state index in [1.165, 1.54) is 0 Å². The fourth-order valence-corrected chi connectivity index (χ4v) is 1.17. The molecule has 0 atom stereocenters. The summed E-state index contributed by atoms with van der Waals surface area (Å²) in [5.41, 5.74) is 2.16. The molecule has 0 aliphatic rings. The van der Waals surface area contributed by atoms with Crippen LogP contribution in [0.25, 0.3) is 0 Å². The van der Waals surface area contributed by atoms with Gasteiger partial charge in [-0.3, -0.25) is 0 Å². The molecule has 0 N–H and O–H groups in total. The molecule has 0 unspecified atom stereocenters. The number of hydrogen-bond donors (Lipinski definition) is 0. The Kier molecular flexibility index (Phi) is 4.76. The van der Waals surface area contributed by atoms with Crippen LogP contribution in [0, 0.1) is 0 Å². The van der Waals surface area contributed by atoms with Crippen molar-refractivity contribution in [3.63, 3.8) is 0 Å². The van der Waals surface area contributed by atoms with E-state index in [1.807, 2.05) is 18.2 Å². The van der Waals surface area contributed by atoms with Crippen molar-refractivity contribution in [1.29, 1.82) is 0 Å². The van der Waals surface area contributed by atoms with Crippen molar-refractivity contribution in [3.8, 4) is 0 Å². The number of rotatable bonds is 5. The van der Waals surface area contributed by atoms with Gasteiger partial charge in [-0.05, 0) is 18.4 Å². The molecule has 2 heteroatoms. The van der Waals surface area contributed by atoms with Crippen LogP contribution in [0.15, 0.2) is 35.5 Å². The lowest BCUT2D eigenvalue weighted by Gasteiger charge is -2.03. The predicted octanol–water partition coefficient (Wildman–Crippen LogP) is 3.23. The monoisotopic (exact) mass is 191 g/mol. The summed E-state index contributed by atoms with van der Waals surface area (Å²) in [6.07, 6.45) is 1.89. The van der Waals surface area contributed by atoms with E-state index in [2.05, 4.69) is 31.1 Å². The lowest BCUT2D eigenvalue weighted by atomic mass is 10.1. The molecule has 0 saturated heterocycles. The van der Waals surface area contributed by atoms with Crippen LogP contribution in [0.5, 0.6) is 0 Å². The zero-order valence-corrected chi connectivity index (χ0v) is 8.86. The van der Waals surface area contributed by atoms with Crippen molar-refractivity contribution in [1.82, 2.24) is 0 Å². The zero-order valence-electron chi connectivity index (χ0n) is 8.86. The topological polar surface area (TPSA) is 21.6 Å². The maximum atomic E-state index is 5.18. The van der Waals surface area contributed by atoms with Gasteiger partial charge in [-0.25, -0.2) is 0 Å². The summed E-state index contributed by atoms with van der Waals surface area (Å²) in [4.78, 5) is 5.18. The van der Waals surface area contributed by atoms with Gasteiger partial charge in [-0.2, -0.15) is 0 Å². The lowest BCUT2D eigenvalue weighted by Crippen LogP contribution is -2.00. The van der Waals surface area contributed by atoms with E-state index in [0.717, 1.165) is 24.1 Å². The van der Waals surface area contributed by atoms with Crippen molar-refractivity contribution in [2.24, 2.45) is 5.16 Å². The quantitative estimate of drug-likeness (QED) is 0.398. The summed E-state index contributed by atoms with van der Waals surface area (Å²) < 4.78 is 0. The van der Waals surface area contributed by atoms with Crippen LogP contribution in [-0.4, -0.2) is 12.3 Å². The first kappa shape index (κ1) is 10.8. The highest BCUT2D eigenvalue weighted by atomic mass is 16.6. The Balaban J connectivity index is 2.67. The smallest absolute Gasteiger partial charge is 0.116 e. The SMILES string of the molecule is CCCO/N=C(\CC)c1ccccc1. The highest BCUT2D eigenvalue weighted by molar-refractivity contribution is 5.99. The summed E-state index contributed by atoms with van der Waals surface area (Å²) in [7, 11) is 0. The van der Waals surface area contributed by atoms with Gasteiger partial charge in [0.15, 0.2) is 0 Å². The van der Waals surface area contributed by atoms with Crippen LogP contribution in [0.4, 0.5) is 0 Å². The number of nitrogens with zero attached hydrogens (tertiary/aromatic N) is 1. The minimum atomic E-state index is 0.691. The molecule has 0 fully saturated rings. The molecule has 2 nitrogen and oxygen atoms in total. The third-order valence-corrected chi connectivity index (χ3v) is 1.91. The Bertz CT molecular complexity index is 280. The van der Waals surface area contributed by atoms with Crippen LogP contribution < -0.4 is 0 Å². The zero-order chi connectivity index (χ0) is 10.2. The average molecular weight is 191 g/mol. The second kappa shape index (κ2) is 6.19. The number of benzene rings is 1. The van der Waals surface area contributed by atoms with Gasteiger partial charge in [0.2, 0.25) is 0 Å². The van der Waals surface area contributed by atoms with Crippen LogP contribution in [0.3, 0.4) is 0 Å². The van der Waals surface area contributed by atoms with E-state index in [4.69, 9.17) is 4.84 Å². The molecule has 76 valence electrons. The molecule has 14 heavy (non-hydrogen) atoms. The minimum Gasteiger partial charge on any atom is -0.396 e. The van der Waals surface area contributed by atoms with Gasteiger partial charge in [0.25, 0.3) is 0 Å². The molecule has 0 aromatic heterocycles. The second-order valence-corrected chi connectivity index (χ2v) is 3.09. The summed E-state index contributed by atoms with van der Waals surface area (Å²) in [5.74, 6) is 0. The Hall–Kier alpha value is -1.31. The molecule has 1 rings (SSSR count). The molecule has 0 saturated carbocycles. The lowest BCUT2D eigenvalue weighted by molar-refractivity contribution is 0.144. The van der Waals surface area contributed by atoms with Gasteiger partial charge in [0.05, 0.1) is 5.71 Å². The third kappa shape index (κ3) is 3.21. The molecule has 0 spiro atoms. The summed E-state index contributed by atoms with van der Waals surface area (Å²) in [5, 5.41) is 4.12. The van der Waals surface area contributed by atoms with Gasteiger partial charge >= 0.3 is 0 Å². The van der Waals surface area contributed by atoms with Crippen LogP contribution >= 0.6 is 0 Å². The van der Waals surface area contributed by atoms with Gasteiger partial charge in [-0.15, -0.1) is 0 Å². The van der Waals surface area contributed by atoms with Crippen molar-refractivity contribution in [2.75, 3.05) is 6.61 Å². The Morgan fingerprint density at radius 3 is 2.50 bits per heavy atom. The van der Waals surface area contributed by atoms with E-state index in [-0.39, 0.29) is 0 Å². The Morgan fingerprint density at radius 2 is 1.93 bits per heavy atom. The molecule has 1 aromatic rings. The highest BCUT2D eigenvalue weighted by Gasteiger charge is 1.99. The normalized spacial score (nSPS) is 11.4. The van der Waals surface area contributed by atoms with Crippen LogP contribution in [0.1, 0.15) is 32.3 Å². The van der Waals surface area contributed by atoms with E-state index in [9.17, 15) is 0 Å². The number of hydrogen-bond acceptors (Lipinski definition) is 2. The van der Waals surface area contributed by atoms with E-state index in [1.54, 1.807) is 0 Å². The molecule has 0 amide bonds. The highest BCUT2D eigenvalue weighted by Crippen LogP contribution is 2.04. The van der Waals surface area contributed by atoms with E-state index < -0.39 is 0 Å². The fraction of sp³-hybridized carbons (Fsp3) is 0.417. The molecular weight excluding hydrogens is 174 g/mol. The first-order valence-electron chi connectivity index (χ1n) is 5.12. The molecule has 1 aromatic carbocycles. The standard InChI is InChI=1S/C12H17NO/c1-3-10-14-13-12(4-2)11-8-6-5-7-9-11/h5-9H,3-4,10H2,1-2H3/b13-12+. The van der Waals surface area contributed by atoms with Crippen molar-refractivity contribution in [2.45, 2.75) is 26.7 Å². The maximum Gasteiger partial charge on any atom is 0.116 e.